The van der Waals surface area contributed by atoms with Crippen molar-refractivity contribution in [1.82, 2.24) is 15.0 Å². The third-order valence-corrected chi connectivity index (χ3v) is 7.10. The molecule has 0 unspecified atom stereocenters. The molecule has 1 aliphatic carbocycles. The Morgan fingerprint density at radius 3 is 2.58 bits per heavy atom. The van der Waals surface area contributed by atoms with E-state index in [1.165, 1.54) is 36.9 Å². The second-order valence-electron chi connectivity index (χ2n) is 9.13. The van der Waals surface area contributed by atoms with Gasteiger partial charge in [0.15, 0.2) is 5.69 Å². The molecule has 0 spiro atoms. The number of aryl methyl sites for hydroxylation is 2. The normalized spacial score (nSPS) is 25.5. The summed E-state index contributed by atoms with van der Waals surface area (Å²) >= 11 is 0. The molecule has 7 heteroatoms. The van der Waals surface area contributed by atoms with E-state index in [2.05, 4.69) is 46.1 Å². The van der Waals surface area contributed by atoms with Gasteiger partial charge in [-0.2, -0.15) is 0 Å². The molecule has 2 saturated heterocycles. The molecular weight excluding hydrogens is 394 g/mol. The van der Waals surface area contributed by atoms with Gasteiger partial charge in [-0.25, -0.2) is 0 Å². The highest BCUT2D eigenvalue weighted by Gasteiger charge is 2.50. The predicted octanol–water partition coefficient (Wildman–Crippen LogP) is 3.54. The Morgan fingerprint density at radius 1 is 1.23 bits per heavy atom. The summed E-state index contributed by atoms with van der Waals surface area (Å²) in [5.74, 6) is 2.62. The quantitative estimate of drug-likeness (QED) is 0.754. The zero-order valence-corrected chi connectivity index (χ0v) is 18.2. The second kappa shape index (κ2) is 9.22. The van der Waals surface area contributed by atoms with Gasteiger partial charge in [0.05, 0.1) is 6.04 Å². The largest absolute Gasteiger partial charge is 0.483 e. The number of nitrogens with zero attached hydrogens (tertiary/aromatic N) is 3. The highest BCUT2D eigenvalue weighted by molar-refractivity contribution is 5.93. The van der Waals surface area contributed by atoms with Crippen LogP contribution >= 0.6 is 0 Å². The van der Waals surface area contributed by atoms with Crippen molar-refractivity contribution in [3.63, 3.8) is 0 Å². The topological polar surface area (TPSA) is 86.9 Å². The molecule has 31 heavy (non-hydrogen) atoms. The van der Waals surface area contributed by atoms with Gasteiger partial charge in [0, 0.05) is 38.2 Å². The molecule has 0 bridgehead atoms. The van der Waals surface area contributed by atoms with Crippen LogP contribution in [0.3, 0.4) is 0 Å². The molecule has 166 valence electrons. The van der Waals surface area contributed by atoms with E-state index >= 15 is 0 Å². The molecular formula is C24H31N3O4. The zero-order valence-electron chi connectivity index (χ0n) is 18.2. The van der Waals surface area contributed by atoms with Crippen molar-refractivity contribution in [2.75, 3.05) is 26.2 Å². The summed E-state index contributed by atoms with van der Waals surface area (Å²) in [4.78, 5) is 26.4. The number of carbonyl (C=O) groups is 2. The van der Waals surface area contributed by atoms with Crippen LogP contribution in [-0.2, 0) is 4.79 Å². The van der Waals surface area contributed by atoms with Gasteiger partial charge in [-0.3, -0.25) is 9.59 Å². The Hall–Kier alpha value is -2.67. The first-order valence-corrected chi connectivity index (χ1v) is 11.1. The maximum atomic E-state index is 13.3. The molecule has 2 aliphatic heterocycles. The van der Waals surface area contributed by atoms with Crippen molar-refractivity contribution in [2.24, 2.45) is 17.8 Å². The summed E-state index contributed by atoms with van der Waals surface area (Å²) in [5, 5.41) is 10.9. The summed E-state index contributed by atoms with van der Waals surface area (Å²) in [6.07, 6.45) is 4.18. The third kappa shape index (κ3) is 4.37. The van der Waals surface area contributed by atoms with Gasteiger partial charge >= 0.3 is 0 Å². The van der Waals surface area contributed by atoms with Gasteiger partial charge in [-0.15, -0.1) is 0 Å². The Kier molecular flexibility index (Phi) is 6.41. The Morgan fingerprint density at radius 2 is 1.97 bits per heavy atom. The number of fused-ring (bicyclic) bond motifs is 1. The third-order valence-electron chi connectivity index (χ3n) is 7.10. The number of likely N-dealkylation sites (tertiary alicyclic amines) is 2. The van der Waals surface area contributed by atoms with Crippen molar-refractivity contribution in [1.29, 1.82) is 0 Å². The van der Waals surface area contributed by atoms with Crippen molar-refractivity contribution in [3.8, 4) is 0 Å². The highest BCUT2D eigenvalue weighted by atomic mass is 16.5. The molecule has 1 aromatic heterocycles. The zero-order chi connectivity index (χ0) is 22.0. The first-order chi connectivity index (χ1) is 15.0. The summed E-state index contributed by atoms with van der Waals surface area (Å²) in [6, 6.07) is 10.4. The minimum atomic E-state index is -0.250. The molecule has 1 aromatic carbocycles. The van der Waals surface area contributed by atoms with Crippen LogP contribution in [-0.4, -0.2) is 58.6 Å². The van der Waals surface area contributed by atoms with E-state index in [9.17, 15) is 4.79 Å². The van der Waals surface area contributed by atoms with Crippen LogP contribution in [0.1, 0.15) is 52.7 Å². The fourth-order valence-electron chi connectivity index (χ4n) is 5.47. The maximum Gasteiger partial charge on any atom is 0.290 e. The number of aromatic nitrogens is 1. The van der Waals surface area contributed by atoms with Gasteiger partial charge in [0.2, 0.25) is 0 Å². The van der Waals surface area contributed by atoms with E-state index in [1.807, 2.05) is 6.92 Å². The number of amides is 1. The Balaban J connectivity index is 0.000000730. The number of hydrogen-bond acceptors (Lipinski definition) is 5. The molecule has 5 rings (SSSR count). The van der Waals surface area contributed by atoms with E-state index < -0.39 is 0 Å². The van der Waals surface area contributed by atoms with Gasteiger partial charge in [0.1, 0.15) is 5.76 Å². The molecule has 1 saturated carbocycles. The Bertz CT molecular complexity index is 923. The Labute approximate surface area is 183 Å². The van der Waals surface area contributed by atoms with E-state index in [0.29, 0.717) is 23.3 Å². The average Bonchev–Trinajstić information content (AvgIpc) is 3.39. The summed E-state index contributed by atoms with van der Waals surface area (Å²) in [5.41, 5.74) is 2.98. The van der Waals surface area contributed by atoms with Crippen molar-refractivity contribution < 1.29 is 19.2 Å². The number of benzene rings is 1. The SMILES string of the molecule is Cc1cc(C(=O)N2C[C@@H]3CN(CC4CCC4)C[C@@H]3[C@H]2c2ccccc2C)no1.O=CO. The van der Waals surface area contributed by atoms with Crippen LogP contribution in [0.5, 0.6) is 0 Å². The van der Waals surface area contributed by atoms with E-state index in [-0.39, 0.29) is 18.4 Å². The summed E-state index contributed by atoms with van der Waals surface area (Å²) < 4.78 is 5.18. The molecule has 2 aromatic rings. The van der Waals surface area contributed by atoms with Gasteiger partial charge < -0.3 is 19.4 Å². The summed E-state index contributed by atoms with van der Waals surface area (Å²) in [6.45, 7) is 8.01. The number of rotatable bonds is 4. The monoisotopic (exact) mass is 425 g/mol. The predicted molar refractivity (Wildman–Crippen MR) is 116 cm³/mol. The minimum absolute atomic E-state index is 0.00467. The summed E-state index contributed by atoms with van der Waals surface area (Å²) in [7, 11) is 0. The highest BCUT2D eigenvalue weighted by Crippen LogP contribution is 2.46. The van der Waals surface area contributed by atoms with Crippen LogP contribution in [0.2, 0.25) is 0 Å². The van der Waals surface area contributed by atoms with Crippen molar-refractivity contribution >= 4 is 12.4 Å². The van der Waals surface area contributed by atoms with Crippen LogP contribution in [0.4, 0.5) is 0 Å². The molecule has 3 aliphatic rings. The molecule has 1 N–H and O–H groups in total. The van der Waals surface area contributed by atoms with Gasteiger partial charge in [-0.1, -0.05) is 35.8 Å². The standard InChI is InChI=1S/C23H29N3O2.CH2O2/c1-15-6-3-4-9-19(15)22-20-14-25(11-17-7-5-8-17)12-18(20)13-26(22)23(27)21-10-16(2)28-24-21;2-1-3/h3-4,6,9-10,17-18,20,22H,5,7-8,11-14H2,1-2H3;1H,(H,2,3)/t18-,20-,22+;/m0./s1. The van der Waals surface area contributed by atoms with Crippen LogP contribution in [0.15, 0.2) is 34.9 Å². The smallest absolute Gasteiger partial charge is 0.290 e. The number of carbonyl (C=O) groups excluding carboxylic acids is 1. The molecule has 7 nitrogen and oxygen atoms in total. The lowest BCUT2D eigenvalue weighted by Gasteiger charge is -2.33. The number of hydrogen-bond donors (Lipinski definition) is 1. The van der Waals surface area contributed by atoms with Gasteiger partial charge in [0.25, 0.3) is 12.4 Å². The maximum absolute atomic E-state index is 13.3. The van der Waals surface area contributed by atoms with Gasteiger partial charge in [-0.05, 0) is 49.7 Å². The minimum Gasteiger partial charge on any atom is -0.483 e. The lowest BCUT2D eigenvalue weighted by molar-refractivity contribution is -0.122. The lowest BCUT2D eigenvalue weighted by atomic mass is 9.85. The fraction of sp³-hybridized carbons (Fsp3) is 0.542. The average molecular weight is 426 g/mol. The van der Waals surface area contributed by atoms with Crippen LogP contribution in [0.25, 0.3) is 0 Å². The van der Waals surface area contributed by atoms with Crippen molar-refractivity contribution in [3.05, 3.63) is 52.9 Å². The molecule has 3 atom stereocenters. The second-order valence-corrected chi connectivity index (χ2v) is 9.13. The lowest BCUT2D eigenvalue weighted by Crippen LogP contribution is -2.38. The van der Waals surface area contributed by atoms with E-state index in [0.717, 1.165) is 25.6 Å². The molecule has 1 amide bonds. The van der Waals surface area contributed by atoms with E-state index in [1.54, 1.807) is 6.07 Å². The first kappa shape index (κ1) is 21.6. The molecule has 3 fully saturated rings. The molecule has 0 radical (unpaired) electrons. The van der Waals surface area contributed by atoms with Crippen molar-refractivity contribution in [2.45, 2.75) is 39.2 Å². The first-order valence-electron chi connectivity index (χ1n) is 11.1. The van der Waals surface area contributed by atoms with Crippen LogP contribution < -0.4 is 0 Å². The van der Waals surface area contributed by atoms with Crippen LogP contribution in [0, 0.1) is 31.6 Å². The number of carboxylic acid groups (broad SMARTS) is 1. The molecule has 3 heterocycles. The van der Waals surface area contributed by atoms with E-state index in [4.69, 9.17) is 14.4 Å². The fourth-order valence-corrected chi connectivity index (χ4v) is 5.47.